The molecule has 1 aromatic heterocycles. The van der Waals surface area contributed by atoms with E-state index in [-0.39, 0.29) is 12.5 Å². The maximum absolute atomic E-state index is 12.0. The van der Waals surface area contributed by atoms with Gasteiger partial charge in [-0.3, -0.25) is 4.79 Å². The van der Waals surface area contributed by atoms with Crippen LogP contribution in [0.4, 0.5) is 0 Å². The first-order valence-electron chi connectivity index (χ1n) is 7.07. The number of carbonyl (C=O) groups excluding carboxylic acids is 1. The smallest absolute Gasteiger partial charge is 0.286 e. The summed E-state index contributed by atoms with van der Waals surface area (Å²) in [7, 11) is 3.49. The van der Waals surface area contributed by atoms with Crippen molar-refractivity contribution in [2.75, 3.05) is 13.7 Å². The van der Waals surface area contributed by atoms with Crippen LogP contribution in [0.3, 0.4) is 0 Å². The number of aryl methyl sites for hydroxylation is 1. The molecule has 0 saturated carbocycles. The average Bonchev–Trinajstić information content (AvgIpc) is 2.90. The number of amides is 1. The molecular formula is C17H16N2O3S. The Bertz CT molecular complexity index is 897. The van der Waals surface area contributed by atoms with Gasteiger partial charge in [0.25, 0.3) is 5.91 Å². The summed E-state index contributed by atoms with van der Waals surface area (Å²) in [5.41, 5.74) is 0.926. The minimum absolute atomic E-state index is 0.0879. The number of rotatable bonds is 4. The summed E-state index contributed by atoms with van der Waals surface area (Å²) in [6.45, 7) is -0.0879. The number of thiazole rings is 1. The van der Waals surface area contributed by atoms with Crippen LogP contribution >= 0.6 is 11.3 Å². The quantitative estimate of drug-likeness (QED) is 0.740. The van der Waals surface area contributed by atoms with Crippen LogP contribution in [-0.4, -0.2) is 24.2 Å². The largest absolute Gasteiger partial charge is 0.495 e. The Kier molecular flexibility index (Phi) is 4.43. The van der Waals surface area contributed by atoms with E-state index >= 15 is 0 Å². The molecule has 5 nitrogen and oxygen atoms in total. The number of ether oxygens (including phenoxy) is 2. The van der Waals surface area contributed by atoms with Gasteiger partial charge in [-0.2, -0.15) is 4.99 Å². The topological polar surface area (TPSA) is 52.8 Å². The molecule has 1 heterocycles. The zero-order valence-electron chi connectivity index (χ0n) is 12.9. The lowest BCUT2D eigenvalue weighted by Crippen LogP contribution is -2.17. The second-order valence-electron chi connectivity index (χ2n) is 4.86. The van der Waals surface area contributed by atoms with Crippen molar-refractivity contribution < 1.29 is 14.3 Å². The third-order valence-corrected chi connectivity index (χ3v) is 4.43. The van der Waals surface area contributed by atoms with Crippen LogP contribution in [0.1, 0.15) is 0 Å². The van der Waals surface area contributed by atoms with Gasteiger partial charge in [-0.15, -0.1) is 0 Å². The molecule has 23 heavy (non-hydrogen) atoms. The fraction of sp³-hybridized carbons (Fsp3) is 0.176. The molecule has 118 valence electrons. The predicted molar refractivity (Wildman–Crippen MR) is 89.9 cm³/mol. The average molecular weight is 328 g/mol. The van der Waals surface area contributed by atoms with E-state index in [4.69, 9.17) is 9.47 Å². The minimum atomic E-state index is -0.324. The highest BCUT2D eigenvalue weighted by atomic mass is 32.1. The SMILES string of the molecule is COc1cccc2sc(=NC(=O)COc3ccccc3)n(C)c12. The summed E-state index contributed by atoms with van der Waals surface area (Å²) in [6.07, 6.45) is 0. The maximum Gasteiger partial charge on any atom is 0.286 e. The van der Waals surface area contributed by atoms with Gasteiger partial charge in [-0.25, -0.2) is 0 Å². The maximum atomic E-state index is 12.0. The number of methoxy groups -OCH3 is 1. The third kappa shape index (κ3) is 3.27. The van der Waals surface area contributed by atoms with Crippen LogP contribution in [-0.2, 0) is 11.8 Å². The van der Waals surface area contributed by atoms with Crippen molar-refractivity contribution in [3.05, 3.63) is 53.3 Å². The third-order valence-electron chi connectivity index (χ3n) is 3.33. The lowest BCUT2D eigenvalue weighted by Gasteiger charge is -2.03. The van der Waals surface area contributed by atoms with Gasteiger partial charge in [-0.1, -0.05) is 35.6 Å². The van der Waals surface area contributed by atoms with Crippen molar-refractivity contribution in [3.63, 3.8) is 0 Å². The number of fused-ring (bicyclic) bond motifs is 1. The van der Waals surface area contributed by atoms with Gasteiger partial charge in [0.2, 0.25) is 0 Å². The summed E-state index contributed by atoms with van der Waals surface area (Å²) >= 11 is 1.44. The highest BCUT2D eigenvalue weighted by Gasteiger charge is 2.09. The Balaban J connectivity index is 1.86. The van der Waals surface area contributed by atoms with E-state index in [0.717, 1.165) is 16.0 Å². The lowest BCUT2D eigenvalue weighted by atomic mass is 10.3. The van der Waals surface area contributed by atoms with Gasteiger partial charge in [0, 0.05) is 7.05 Å². The molecule has 0 fully saturated rings. The van der Waals surface area contributed by atoms with E-state index in [2.05, 4.69) is 4.99 Å². The van der Waals surface area contributed by atoms with Gasteiger partial charge in [0.05, 0.1) is 11.8 Å². The van der Waals surface area contributed by atoms with E-state index in [0.29, 0.717) is 10.6 Å². The van der Waals surface area contributed by atoms with Crippen LogP contribution in [0.25, 0.3) is 10.2 Å². The van der Waals surface area contributed by atoms with E-state index in [1.54, 1.807) is 19.2 Å². The molecule has 1 amide bonds. The van der Waals surface area contributed by atoms with Crippen LogP contribution in [0.5, 0.6) is 11.5 Å². The molecule has 0 bridgehead atoms. The Morgan fingerprint density at radius 1 is 1.17 bits per heavy atom. The zero-order valence-corrected chi connectivity index (χ0v) is 13.7. The molecule has 3 aromatic rings. The minimum Gasteiger partial charge on any atom is -0.495 e. The lowest BCUT2D eigenvalue weighted by molar-refractivity contribution is -0.120. The van der Waals surface area contributed by atoms with Crippen LogP contribution in [0, 0.1) is 0 Å². The normalized spacial score (nSPS) is 11.7. The molecular weight excluding hydrogens is 312 g/mol. The molecule has 0 spiro atoms. The van der Waals surface area contributed by atoms with E-state index in [9.17, 15) is 4.79 Å². The Hall–Kier alpha value is -2.60. The van der Waals surface area contributed by atoms with Crippen LogP contribution < -0.4 is 14.3 Å². The van der Waals surface area contributed by atoms with Gasteiger partial charge in [0.1, 0.15) is 17.0 Å². The van der Waals surface area contributed by atoms with Crippen molar-refractivity contribution in [1.29, 1.82) is 0 Å². The van der Waals surface area contributed by atoms with Gasteiger partial charge >= 0.3 is 0 Å². The molecule has 0 aliphatic heterocycles. The first kappa shape index (κ1) is 15.3. The summed E-state index contributed by atoms with van der Waals surface area (Å²) in [5, 5.41) is 0. The second-order valence-corrected chi connectivity index (χ2v) is 5.87. The highest BCUT2D eigenvalue weighted by molar-refractivity contribution is 7.16. The number of hydrogen-bond donors (Lipinski definition) is 0. The number of aromatic nitrogens is 1. The van der Waals surface area contributed by atoms with Crippen molar-refractivity contribution in [2.24, 2.45) is 12.0 Å². The van der Waals surface area contributed by atoms with Crippen LogP contribution in [0.2, 0.25) is 0 Å². The Morgan fingerprint density at radius 3 is 2.70 bits per heavy atom. The summed E-state index contributed by atoms with van der Waals surface area (Å²) in [4.78, 5) is 16.8. The van der Waals surface area contributed by atoms with Crippen molar-refractivity contribution in [2.45, 2.75) is 0 Å². The molecule has 0 unspecified atom stereocenters. The standard InChI is InChI=1S/C17H16N2O3S/c1-19-16-13(21-2)9-6-10-14(16)23-17(19)18-15(20)11-22-12-7-4-3-5-8-12/h3-10H,11H2,1-2H3. The first-order valence-corrected chi connectivity index (χ1v) is 7.88. The molecule has 0 saturated heterocycles. The van der Waals surface area contributed by atoms with Gasteiger partial charge in [-0.05, 0) is 24.3 Å². The summed E-state index contributed by atoms with van der Waals surface area (Å²) in [5.74, 6) is 1.09. The molecule has 0 aliphatic rings. The van der Waals surface area contributed by atoms with E-state index < -0.39 is 0 Å². The number of benzene rings is 2. The fourth-order valence-electron chi connectivity index (χ4n) is 2.24. The second kappa shape index (κ2) is 6.66. The van der Waals surface area contributed by atoms with Crippen molar-refractivity contribution in [1.82, 2.24) is 4.57 Å². The van der Waals surface area contributed by atoms with E-state index in [1.165, 1.54) is 11.3 Å². The van der Waals surface area contributed by atoms with Crippen molar-refractivity contribution >= 4 is 27.5 Å². The van der Waals surface area contributed by atoms with E-state index in [1.807, 2.05) is 48.0 Å². The zero-order chi connectivity index (χ0) is 16.2. The number of carbonyl (C=O) groups is 1. The van der Waals surface area contributed by atoms with Crippen molar-refractivity contribution in [3.8, 4) is 11.5 Å². The van der Waals surface area contributed by atoms with Gasteiger partial charge in [0.15, 0.2) is 11.4 Å². The first-order chi connectivity index (χ1) is 11.2. The summed E-state index contributed by atoms with van der Waals surface area (Å²) < 4.78 is 13.7. The number of hydrogen-bond acceptors (Lipinski definition) is 4. The molecule has 6 heteroatoms. The fourth-order valence-corrected chi connectivity index (χ4v) is 3.29. The Labute approximate surface area is 137 Å². The molecule has 3 rings (SSSR count). The predicted octanol–water partition coefficient (Wildman–Crippen LogP) is 2.75. The van der Waals surface area contributed by atoms with Crippen LogP contribution in [0.15, 0.2) is 53.5 Å². The molecule has 0 atom stereocenters. The molecule has 0 N–H and O–H groups in total. The van der Waals surface area contributed by atoms with Gasteiger partial charge < -0.3 is 14.0 Å². The summed E-state index contributed by atoms with van der Waals surface area (Å²) in [6, 6.07) is 15.0. The number of para-hydroxylation sites is 2. The Morgan fingerprint density at radius 2 is 1.96 bits per heavy atom. The number of nitrogens with zero attached hydrogens (tertiary/aromatic N) is 2. The molecule has 2 aromatic carbocycles. The molecule has 0 aliphatic carbocycles. The monoisotopic (exact) mass is 328 g/mol. The highest BCUT2D eigenvalue weighted by Crippen LogP contribution is 2.26. The molecule has 0 radical (unpaired) electrons.